The zero-order valence-corrected chi connectivity index (χ0v) is 11.4. The van der Waals surface area contributed by atoms with Gasteiger partial charge in [0.1, 0.15) is 11.6 Å². The average molecular weight is 286 g/mol. The molecule has 1 heterocycles. The van der Waals surface area contributed by atoms with E-state index >= 15 is 0 Å². The van der Waals surface area contributed by atoms with Crippen molar-refractivity contribution in [3.63, 3.8) is 0 Å². The number of benzene rings is 1. The van der Waals surface area contributed by atoms with Crippen LogP contribution >= 0.6 is 23.1 Å². The predicted molar refractivity (Wildman–Crippen MR) is 70.0 cm³/mol. The minimum atomic E-state index is -0.539. The molecular weight excluding hydrogens is 274 g/mol. The van der Waals surface area contributed by atoms with Gasteiger partial charge in [0, 0.05) is 18.1 Å². The standard InChI is InChI=1S/C12H12F2N2S2/c1-2-15-7-8-5-9(13)11(10(14)6-8)18-12-16-3-4-17-12/h3-6,15H,2,7H2,1H3. The van der Waals surface area contributed by atoms with Crippen LogP contribution in [0.15, 0.2) is 32.9 Å². The summed E-state index contributed by atoms with van der Waals surface area (Å²) >= 11 is 2.38. The summed E-state index contributed by atoms with van der Waals surface area (Å²) in [5, 5.41) is 4.81. The predicted octanol–water partition coefficient (Wildman–Crippen LogP) is 3.68. The first kappa shape index (κ1) is 13.5. The van der Waals surface area contributed by atoms with Crippen molar-refractivity contribution in [3.8, 4) is 0 Å². The number of hydrogen-bond donors (Lipinski definition) is 1. The summed E-state index contributed by atoms with van der Waals surface area (Å²) in [6, 6.07) is 2.73. The molecule has 0 aliphatic carbocycles. The van der Waals surface area contributed by atoms with E-state index in [1.807, 2.05) is 6.92 Å². The lowest BCUT2D eigenvalue weighted by atomic mass is 10.2. The minimum Gasteiger partial charge on any atom is -0.313 e. The molecule has 0 aliphatic rings. The van der Waals surface area contributed by atoms with E-state index in [0.717, 1.165) is 18.3 Å². The van der Waals surface area contributed by atoms with Crippen LogP contribution in [-0.4, -0.2) is 11.5 Å². The van der Waals surface area contributed by atoms with Gasteiger partial charge >= 0.3 is 0 Å². The highest BCUT2D eigenvalue weighted by Gasteiger charge is 2.13. The fourth-order valence-electron chi connectivity index (χ4n) is 1.43. The lowest BCUT2D eigenvalue weighted by molar-refractivity contribution is 0.535. The number of hydrogen-bond acceptors (Lipinski definition) is 4. The van der Waals surface area contributed by atoms with Crippen LogP contribution < -0.4 is 5.32 Å². The highest BCUT2D eigenvalue weighted by molar-refractivity contribution is 8.01. The normalized spacial score (nSPS) is 10.8. The molecule has 0 spiro atoms. The molecule has 0 atom stereocenters. The van der Waals surface area contributed by atoms with Crippen molar-refractivity contribution in [2.75, 3.05) is 6.54 Å². The first-order valence-corrected chi connectivity index (χ1v) is 7.16. The van der Waals surface area contributed by atoms with E-state index in [9.17, 15) is 8.78 Å². The van der Waals surface area contributed by atoms with E-state index in [1.165, 1.54) is 23.5 Å². The van der Waals surface area contributed by atoms with Gasteiger partial charge < -0.3 is 5.32 Å². The Morgan fingerprint density at radius 1 is 1.33 bits per heavy atom. The third kappa shape index (κ3) is 3.28. The van der Waals surface area contributed by atoms with Gasteiger partial charge in [-0.1, -0.05) is 18.7 Å². The number of halogens is 2. The second-order valence-corrected chi connectivity index (χ2v) is 5.72. The number of rotatable bonds is 5. The van der Waals surface area contributed by atoms with Crippen LogP contribution in [0.1, 0.15) is 12.5 Å². The first-order chi connectivity index (χ1) is 8.70. The maximum Gasteiger partial charge on any atom is 0.154 e. The summed E-state index contributed by atoms with van der Waals surface area (Å²) in [5.74, 6) is -1.08. The Morgan fingerprint density at radius 3 is 2.61 bits per heavy atom. The molecule has 0 unspecified atom stereocenters. The highest BCUT2D eigenvalue weighted by atomic mass is 32.2. The number of nitrogens with one attached hydrogen (secondary N) is 1. The van der Waals surface area contributed by atoms with Crippen LogP contribution in [0.2, 0.25) is 0 Å². The molecule has 1 N–H and O–H groups in total. The largest absolute Gasteiger partial charge is 0.313 e. The molecular formula is C12H12F2N2S2. The van der Waals surface area contributed by atoms with Crippen molar-refractivity contribution in [1.82, 2.24) is 10.3 Å². The molecule has 0 saturated carbocycles. The Bertz CT molecular complexity index is 492. The molecule has 0 amide bonds. The molecule has 0 bridgehead atoms. The van der Waals surface area contributed by atoms with E-state index in [2.05, 4.69) is 10.3 Å². The van der Waals surface area contributed by atoms with Gasteiger partial charge in [-0.05, 0) is 24.2 Å². The van der Waals surface area contributed by atoms with Crippen LogP contribution in [0.25, 0.3) is 0 Å². The number of aromatic nitrogens is 1. The topological polar surface area (TPSA) is 24.9 Å². The van der Waals surface area contributed by atoms with E-state index in [1.54, 1.807) is 11.6 Å². The highest BCUT2D eigenvalue weighted by Crippen LogP contribution is 2.33. The molecule has 2 nitrogen and oxygen atoms in total. The van der Waals surface area contributed by atoms with Crippen molar-refractivity contribution in [1.29, 1.82) is 0 Å². The van der Waals surface area contributed by atoms with Crippen molar-refractivity contribution >= 4 is 23.1 Å². The monoisotopic (exact) mass is 286 g/mol. The Balaban J connectivity index is 2.21. The summed E-state index contributed by atoms with van der Waals surface area (Å²) < 4.78 is 28.3. The van der Waals surface area contributed by atoms with Gasteiger partial charge in [-0.25, -0.2) is 13.8 Å². The van der Waals surface area contributed by atoms with Crippen LogP contribution in [0, 0.1) is 11.6 Å². The lowest BCUT2D eigenvalue weighted by Gasteiger charge is -2.07. The third-order valence-corrected chi connectivity index (χ3v) is 4.21. The van der Waals surface area contributed by atoms with Crippen molar-refractivity contribution < 1.29 is 8.78 Å². The SMILES string of the molecule is CCNCc1cc(F)c(Sc2nccs2)c(F)c1. The van der Waals surface area contributed by atoms with Gasteiger partial charge in [0.15, 0.2) is 4.34 Å². The quantitative estimate of drug-likeness (QED) is 0.907. The summed E-state index contributed by atoms with van der Waals surface area (Å²) in [5.41, 5.74) is 0.607. The molecule has 2 aromatic rings. The molecule has 0 aliphatic heterocycles. The molecule has 18 heavy (non-hydrogen) atoms. The van der Waals surface area contributed by atoms with Gasteiger partial charge in [0.25, 0.3) is 0 Å². The molecule has 2 rings (SSSR count). The van der Waals surface area contributed by atoms with Gasteiger partial charge in [-0.3, -0.25) is 0 Å². The Labute approximate surface area is 112 Å². The molecule has 0 saturated heterocycles. The molecule has 1 aromatic heterocycles. The molecule has 1 aromatic carbocycles. The summed E-state index contributed by atoms with van der Waals surface area (Å²) in [6.07, 6.45) is 1.61. The first-order valence-electron chi connectivity index (χ1n) is 5.46. The van der Waals surface area contributed by atoms with Crippen LogP contribution in [0.3, 0.4) is 0 Å². The zero-order valence-electron chi connectivity index (χ0n) is 9.74. The molecule has 96 valence electrons. The van der Waals surface area contributed by atoms with Gasteiger partial charge in [-0.15, -0.1) is 11.3 Å². The Kier molecular flexibility index (Phi) is 4.68. The molecule has 0 fully saturated rings. The fourth-order valence-corrected chi connectivity index (χ4v) is 3.00. The summed E-state index contributed by atoms with van der Waals surface area (Å²) in [4.78, 5) is 4.01. The van der Waals surface area contributed by atoms with E-state index in [4.69, 9.17) is 0 Å². The third-order valence-electron chi connectivity index (χ3n) is 2.24. The van der Waals surface area contributed by atoms with E-state index < -0.39 is 11.6 Å². The molecule has 6 heteroatoms. The van der Waals surface area contributed by atoms with Crippen LogP contribution in [0.5, 0.6) is 0 Å². The maximum atomic E-state index is 13.8. The average Bonchev–Trinajstić information content (AvgIpc) is 2.84. The minimum absolute atomic E-state index is 0.00481. The fraction of sp³-hybridized carbons (Fsp3) is 0.250. The van der Waals surface area contributed by atoms with Crippen molar-refractivity contribution in [2.45, 2.75) is 22.7 Å². The Morgan fingerprint density at radius 2 is 2.06 bits per heavy atom. The second-order valence-electron chi connectivity index (χ2n) is 3.57. The van der Waals surface area contributed by atoms with Crippen LogP contribution in [0.4, 0.5) is 8.78 Å². The maximum absolute atomic E-state index is 13.8. The van der Waals surface area contributed by atoms with E-state index in [0.29, 0.717) is 16.4 Å². The zero-order chi connectivity index (χ0) is 13.0. The van der Waals surface area contributed by atoms with Crippen molar-refractivity contribution in [2.24, 2.45) is 0 Å². The summed E-state index contributed by atoms with van der Waals surface area (Å²) in [6.45, 7) is 3.17. The van der Waals surface area contributed by atoms with Gasteiger partial charge in [-0.2, -0.15) is 0 Å². The number of thiazole rings is 1. The smallest absolute Gasteiger partial charge is 0.154 e. The number of nitrogens with zero attached hydrogens (tertiary/aromatic N) is 1. The van der Waals surface area contributed by atoms with Gasteiger partial charge in [0.05, 0.1) is 4.90 Å². The van der Waals surface area contributed by atoms with Crippen molar-refractivity contribution in [3.05, 3.63) is 40.9 Å². The van der Waals surface area contributed by atoms with E-state index in [-0.39, 0.29) is 4.90 Å². The van der Waals surface area contributed by atoms with Crippen LogP contribution in [-0.2, 0) is 6.54 Å². The lowest BCUT2D eigenvalue weighted by Crippen LogP contribution is -2.12. The molecule has 0 radical (unpaired) electrons. The second kappa shape index (κ2) is 6.26. The summed E-state index contributed by atoms with van der Waals surface area (Å²) in [7, 11) is 0. The van der Waals surface area contributed by atoms with Gasteiger partial charge in [0.2, 0.25) is 0 Å². The Hall–Kier alpha value is -0.980.